The van der Waals surface area contributed by atoms with Crippen LogP contribution in [0.15, 0.2) is 45.6 Å². The molecule has 2 heterocycles. The van der Waals surface area contributed by atoms with Gasteiger partial charge in [-0.1, -0.05) is 17.7 Å². The zero-order valence-electron chi connectivity index (χ0n) is 13.6. The second kappa shape index (κ2) is 8.60. The Bertz CT molecular complexity index is 843. The number of hydrogen-bond acceptors (Lipinski definition) is 5. The SMILES string of the molecule is Cc1ccc(OCc2nc(CC(=O)NCc3cc(Br)cs3)cs2)cc1. The van der Waals surface area contributed by atoms with E-state index in [1.807, 2.05) is 48.0 Å². The van der Waals surface area contributed by atoms with Gasteiger partial charge in [0.2, 0.25) is 5.91 Å². The van der Waals surface area contributed by atoms with Crippen LogP contribution in [0, 0.1) is 6.92 Å². The van der Waals surface area contributed by atoms with Gasteiger partial charge >= 0.3 is 0 Å². The first-order valence-electron chi connectivity index (χ1n) is 7.71. The second-order valence-electron chi connectivity index (χ2n) is 5.52. The first-order valence-corrected chi connectivity index (χ1v) is 10.3. The molecule has 0 saturated carbocycles. The van der Waals surface area contributed by atoms with Gasteiger partial charge in [0.1, 0.15) is 17.4 Å². The lowest BCUT2D eigenvalue weighted by atomic mass is 10.2. The van der Waals surface area contributed by atoms with Gasteiger partial charge in [-0.3, -0.25) is 4.79 Å². The summed E-state index contributed by atoms with van der Waals surface area (Å²) in [4.78, 5) is 17.6. The molecule has 0 spiro atoms. The van der Waals surface area contributed by atoms with Crippen molar-refractivity contribution in [3.05, 3.63) is 66.7 Å². The average molecular weight is 437 g/mol. The van der Waals surface area contributed by atoms with Crippen molar-refractivity contribution in [2.75, 3.05) is 0 Å². The minimum atomic E-state index is -0.0270. The van der Waals surface area contributed by atoms with Gasteiger partial charge in [-0.05, 0) is 41.1 Å². The zero-order chi connectivity index (χ0) is 17.6. The van der Waals surface area contributed by atoms with Crippen LogP contribution in [0.1, 0.15) is 21.1 Å². The smallest absolute Gasteiger partial charge is 0.226 e. The van der Waals surface area contributed by atoms with E-state index in [2.05, 4.69) is 26.2 Å². The normalized spacial score (nSPS) is 10.6. The molecule has 3 aromatic rings. The van der Waals surface area contributed by atoms with Crippen molar-refractivity contribution >= 4 is 44.5 Å². The van der Waals surface area contributed by atoms with Crippen LogP contribution in [-0.4, -0.2) is 10.9 Å². The summed E-state index contributed by atoms with van der Waals surface area (Å²) in [5.41, 5.74) is 1.97. The number of thiophene rings is 1. The third kappa shape index (κ3) is 5.66. The number of benzene rings is 1. The van der Waals surface area contributed by atoms with Gasteiger partial charge in [0.05, 0.1) is 18.7 Å². The van der Waals surface area contributed by atoms with Crippen LogP contribution in [0.4, 0.5) is 0 Å². The van der Waals surface area contributed by atoms with Gasteiger partial charge in [-0.2, -0.15) is 0 Å². The summed E-state index contributed by atoms with van der Waals surface area (Å²) in [6.45, 7) is 3.00. The Labute approximate surface area is 163 Å². The number of carbonyl (C=O) groups excluding carboxylic acids is 1. The monoisotopic (exact) mass is 436 g/mol. The summed E-state index contributed by atoms with van der Waals surface area (Å²) in [6, 6.07) is 9.92. The molecule has 4 nitrogen and oxygen atoms in total. The van der Waals surface area contributed by atoms with Crippen LogP contribution in [0.5, 0.6) is 5.75 Å². The highest BCUT2D eigenvalue weighted by atomic mass is 79.9. The Kier molecular flexibility index (Phi) is 6.23. The summed E-state index contributed by atoms with van der Waals surface area (Å²) in [5.74, 6) is 0.794. The first-order chi connectivity index (χ1) is 12.1. The molecule has 0 aliphatic rings. The predicted octanol–water partition coefficient (Wildman–Crippen LogP) is 4.71. The van der Waals surface area contributed by atoms with E-state index in [1.165, 1.54) is 16.9 Å². The standard InChI is InChI=1S/C18H17BrN2O2S2/c1-12-2-4-15(5-3-12)23-9-18-21-14(11-25-18)7-17(22)20-8-16-6-13(19)10-24-16/h2-6,10-11H,7-9H2,1H3,(H,20,22). The maximum atomic E-state index is 12.0. The van der Waals surface area contributed by atoms with Crippen LogP contribution < -0.4 is 10.1 Å². The van der Waals surface area contributed by atoms with Crippen LogP contribution in [0.3, 0.4) is 0 Å². The van der Waals surface area contributed by atoms with E-state index in [0.717, 1.165) is 25.8 Å². The molecule has 0 bridgehead atoms. The van der Waals surface area contributed by atoms with E-state index in [1.54, 1.807) is 11.3 Å². The maximum absolute atomic E-state index is 12.0. The molecular formula is C18H17BrN2O2S2. The first kappa shape index (κ1) is 18.1. The van der Waals surface area contributed by atoms with Gasteiger partial charge in [0.15, 0.2) is 0 Å². The quantitative estimate of drug-likeness (QED) is 0.582. The van der Waals surface area contributed by atoms with Crippen molar-refractivity contribution in [2.24, 2.45) is 0 Å². The molecule has 0 aliphatic heterocycles. The number of carbonyl (C=O) groups is 1. The number of ether oxygens (including phenoxy) is 1. The molecule has 0 aliphatic carbocycles. The molecule has 0 saturated heterocycles. The molecule has 1 N–H and O–H groups in total. The van der Waals surface area contributed by atoms with Crippen molar-refractivity contribution in [3.8, 4) is 5.75 Å². The average Bonchev–Trinajstić information content (AvgIpc) is 3.21. The van der Waals surface area contributed by atoms with Crippen LogP contribution in [0.25, 0.3) is 0 Å². The number of aryl methyl sites for hydroxylation is 1. The summed E-state index contributed by atoms with van der Waals surface area (Å²) in [6.07, 6.45) is 0.285. The van der Waals surface area contributed by atoms with Crippen molar-refractivity contribution in [1.82, 2.24) is 10.3 Å². The van der Waals surface area contributed by atoms with Gasteiger partial charge in [-0.15, -0.1) is 22.7 Å². The van der Waals surface area contributed by atoms with Crippen LogP contribution in [0.2, 0.25) is 0 Å². The Hall–Kier alpha value is -1.70. The Morgan fingerprint density at radius 2 is 2.04 bits per heavy atom. The number of nitrogens with one attached hydrogen (secondary N) is 1. The highest BCUT2D eigenvalue weighted by Gasteiger charge is 2.09. The highest BCUT2D eigenvalue weighted by Crippen LogP contribution is 2.19. The van der Waals surface area contributed by atoms with Crippen molar-refractivity contribution in [3.63, 3.8) is 0 Å². The lowest BCUT2D eigenvalue weighted by Crippen LogP contribution is -2.24. The zero-order valence-corrected chi connectivity index (χ0v) is 16.8. The molecule has 0 radical (unpaired) electrons. The van der Waals surface area contributed by atoms with Crippen LogP contribution in [-0.2, 0) is 24.4 Å². The van der Waals surface area contributed by atoms with Crippen molar-refractivity contribution in [2.45, 2.75) is 26.5 Å². The molecule has 1 amide bonds. The number of amides is 1. The van der Waals surface area contributed by atoms with E-state index in [-0.39, 0.29) is 12.3 Å². The second-order valence-corrected chi connectivity index (χ2v) is 8.37. The molecule has 130 valence electrons. The molecule has 1 aromatic carbocycles. The van der Waals surface area contributed by atoms with E-state index in [0.29, 0.717) is 13.2 Å². The molecule has 0 atom stereocenters. The van der Waals surface area contributed by atoms with Crippen LogP contribution >= 0.6 is 38.6 Å². The minimum Gasteiger partial charge on any atom is -0.486 e. The Morgan fingerprint density at radius 3 is 2.76 bits per heavy atom. The van der Waals surface area contributed by atoms with Gasteiger partial charge in [0, 0.05) is 20.1 Å². The summed E-state index contributed by atoms with van der Waals surface area (Å²) >= 11 is 6.53. The fourth-order valence-electron chi connectivity index (χ4n) is 2.14. The fourth-order valence-corrected chi connectivity index (χ4v) is 4.23. The van der Waals surface area contributed by atoms with Crippen molar-refractivity contribution < 1.29 is 9.53 Å². The molecule has 7 heteroatoms. The predicted molar refractivity (Wildman–Crippen MR) is 105 cm³/mol. The number of nitrogens with zero attached hydrogens (tertiary/aromatic N) is 1. The summed E-state index contributed by atoms with van der Waals surface area (Å²) in [7, 11) is 0. The largest absolute Gasteiger partial charge is 0.486 e. The van der Waals surface area contributed by atoms with E-state index >= 15 is 0 Å². The maximum Gasteiger partial charge on any atom is 0.226 e. The topological polar surface area (TPSA) is 51.2 Å². The molecule has 0 fully saturated rings. The van der Waals surface area contributed by atoms with Crippen molar-refractivity contribution in [1.29, 1.82) is 0 Å². The number of hydrogen-bond donors (Lipinski definition) is 1. The van der Waals surface area contributed by atoms with Gasteiger partial charge in [-0.25, -0.2) is 4.98 Å². The minimum absolute atomic E-state index is 0.0270. The number of aromatic nitrogens is 1. The van der Waals surface area contributed by atoms with Gasteiger partial charge in [0.25, 0.3) is 0 Å². The third-order valence-electron chi connectivity index (χ3n) is 3.41. The third-order valence-corrected chi connectivity index (χ3v) is 5.97. The molecule has 3 rings (SSSR count). The van der Waals surface area contributed by atoms with E-state index < -0.39 is 0 Å². The highest BCUT2D eigenvalue weighted by molar-refractivity contribution is 9.10. The lowest BCUT2D eigenvalue weighted by Gasteiger charge is -2.04. The molecule has 0 unspecified atom stereocenters. The molecule has 25 heavy (non-hydrogen) atoms. The van der Waals surface area contributed by atoms with E-state index in [4.69, 9.17) is 4.74 Å². The number of rotatable bonds is 7. The Balaban J connectivity index is 1.45. The summed E-state index contributed by atoms with van der Waals surface area (Å²) < 4.78 is 6.76. The number of halogens is 1. The summed E-state index contributed by atoms with van der Waals surface area (Å²) in [5, 5.41) is 7.70. The van der Waals surface area contributed by atoms with Gasteiger partial charge < -0.3 is 10.1 Å². The fraction of sp³-hybridized carbons (Fsp3) is 0.222. The van der Waals surface area contributed by atoms with E-state index in [9.17, 15) is 4.79 Å². The molecular weight excluding hydrogens is 420 g/mol. The lowest BCUT2D eigenvalue weighted by molar-refractivity contribution is -0.120. The number of thiazole rings is 1. The molecule has 2 aromatic heterocycles. The Morgan fingerprint density at radius 1 is 1.24 bits per heavy atom.